The smallest absolute Gasteiger partial charge is 0.368 e. The Morgan fingerprint density at radius 2 is 1.69 bits per heavy atom. The Hall–Kier alpha value is -2.15. The lowest BCUT2D eigenvalue weighted by Gasteiger charge is -2.36. The molecule has 0 bridgehead atoms. The molecule has 1 aliphatic rings. The van der Waals surface area contributed by atoms with Crippen LogP contribution in [-0.4, -0.2) is 43.2 Å². The van der Waals surface area contributed by atoms with Crippen molar-refractivity contribution in [1.29, 1.82) is 0 Å². The summed E-state index contributed by atoms with van der Waals surface area (Å²) >= 11 is 1.52. The van der Waals surface area contributed by atoms with Crippen LogP contribution in [0.3, 0.4) is 0 Å². The highest BCUT2D eigenvalue weighted by Gasteiger charge is 2.31. The third-order valence-electron chi connectivity index (χ3n) is 4.44. The van der Waals surface area contributed by atoms with Gasteiger partial charge in [-0.15, -0.1) is 11.8 Å². The molecule has 2 aromatic carbocycles. The summed E-state index contributed by atoms with van der Waals surface area (Å²) in [6.45, 7) is 1.98. The molecule has 0 spiro atoms. The SMILES string of the molecule is CSc1ccccc1C(=O)N1CCN(c2cccc(C(F)(F)F)c2)CC1. The second-order valence-electron chi connectivity index (χ2n) is 6.03. The van der Waals surface area contributed by atoms with Gasteiger partial charge in [0.1, 0.15) is 0 Å². The van der Waals surface area contributed by atoms with E-state index in [1.165, 1.54) is 23.9 Å². The predicted molar refractivity (Wildman–Crippen MR) is 97.8 cm³/mol. The molecule has 0 atom stereocenters. The number of anilines is 1. The summed E-state index contributed by atoms with van der Waals surface area (Å²) in [7, 11) is 0. The van der Waals surface area contributed by atoms with E-state index in [0.717, 1.165) is 11.0 Å². The molecular weight excluding hydrogens is 361 g/mol. The van der Waals surface area contributed by atoms with Crippen molar-refractivity contribution in [2.24, 2.45) is 0 Å². The average molecular weight is 380 g/mol. The molecular formula is C19H19F3N2OS. The molecule has 1 aliphatic heterocycles. The highest BCUT2D eigenvalue weighted by atomic mass is 32.2. The lowest BCUT2D eigenvalue weighted by molar-refractivity contribution is -0.137. The van der Waals surface area contributed by atoms with Gasteiger partial charge >= 0.3 is 6.18 Å². The third kappa shape index (κ3) is 3.98. The molecule has 0 radical (unpaired) electrons. The van der Waals surface area contributed by atoms with E-state index in [4.69, 9.17) is 0 Å². The second kappa shape index (κ2) is 7.61. The molecule has 138 valence electrons. The number of alkyl halides is 3. The van der Waals surface area contributed by atoms with Crippen LogP contribution in [0.15, 0.2) is 53.4 Å². The minimum absolute atomic E-state index is 0.0290. The summed E-state index contributed by atoms with van der Waals surface area (Å²) < 4.78 is 38.7. The molecule has 3 rings (SSSR count). The van der Waals surface area contributed by atoms with Gasteiger partial charge in [-0.25, -0.2) is 0 Å². The molecule has 2 aromatic rings. The van der Waals surface area contributed by atoms with Crippen molar-refractivity contribution >= 4 is 23.4 Å². The van der Waals surface area contributed by atoms with E-state index >= 15 is 0 Å². The first kappa shape index (κ1) is 18.6. The van der Waals surface area contributed by atoms with Gasteiger partial charge in [-0.3, -0.25) is 4.79 Å². The number of carbonyl (C=O) groups is 1. The van der Waals surface area contributed by atoms with Crippen molar-refractivity contribution in [3.63, 3.8) is 0 Å². The van der Waals surface area contributed by atoms with Gasteiger partial charge in [-0.2, -0.15) is 13.2 Å². The molecule has 1 heterocycles. The molecule has 26 heavy (non-hydrogen) atoms. The molecule has 0 unspecified atom stereocenters. The van der Waals surface area contributed by atoms with Gasteiger partial charge in [0.2, 0.25) is 0 Å². The van der Waals surface area contributed by atoms with Crippen molar-refractivity contribution in [2.45, 2.75) is 11.1 Å². The minimum atomic E-state index is -4.35. The van der Waals surface area contributed by atoms with Crippen molar-refractivity contribution in [1.82, 2.24) is 4.90 Å². The molecule has 1 fully saturated rings. The Kier molecular flexibility index (Phi) is 5.46. The lowest BCUT2D eigenvalue weighted by Crippen LogP contribution is -2.49. The van der Waals surface area contributed by atoms with Crippen LogP contribution >= 0.6 is 11.8 Å². The van der Waals surface area contributed by atoms with Crippen molar-refractivity contribution in [3.05, 3.63) is 59.7 Å². The van der Waals surface area contributed by atoms with E-state index < -0.39 is 11.7 Å². The van der Waals surface area contributed by atoms with Gasteiger partial charge in [0.15, 0.2) is 0 Å². The van der Waals surface area contributed by atoms with Gasteiger partial charge < -0.3 is 9.80 Å². The van der Waals surface area contributed by atoms with Gasteiger partial charge in [-0.1, -0.05) is 18.2 Å². The summed E-state index contributed by atoms with van der Waals surface area (Å²) in [6.07, 6.45) is -2.42. The molecule has 1 saturated heterocycles. The maximum atomic E-state index is 12.9. The monoisotopic (exact) mass is 380 g/mol. The Labute approximate surface area is 154 Å². The summed E-state index contributed by atoms with van der Waals surface area (Å²) in [5.41, 5.74) is 0.561. The van der Waals surface area contributed by atoms with E-state index in [0.29, 0.717) is 37.4 Å². The quantitative estimate of drug-likeness (QED) is 0.738. The zero-order chi connectivity index (χ0) is 18.7. The van der Waals surface area contributed by atoms with Gasteiger partial charge in [0.25, 0.3) is 5.91 Å². The summed E-state index contributed by atoms with van der Waals surface area (Å²) in [4.78, 5) is 17.3. The van der Waals surface area contributed by atoms with E-state index in [2.05, 4.69) is 0 Å². The standard InChI is InChI=1S/C19H19F3N2OS/c1-26-17-8-3-2-7-16(17)18(25)24-11-9-23(10-12-24)15-6-4-5-14(13-15)19(20,21)22/h2-8,13H,9-12H2,1H3. The highest BCUT2D eigenvalue weighted by Crippen LogP contribution is 2.32. The van der Waals surface area contributed by atoms with Crippen LogP contribution in [-0.2, 0) is 6.18 Å². The molecule has 1 amide bonds. The fourth-order valence-electron chi connectivity index (χ4n) is 3.04. The van der Waals surface area contributed by atoms with Crippen LogP contribution < -0.4 is 4.90 Å². The molecule has 7 heteroatoms. The van der Waals surface area contributed by atoms with Crippen LogP contribution in [0.1, 0.15) is 15.9 Å². The summed E-state index contributed by atoms with van der Waals surface area (Å²) in [5.74, 6) is -0.0290. The number of nitrogens with zero attached hydrogens (tertiary/aromatic N) is 2. The summed E-state index contributed by atoms with van der Waals surface area (Å²) in [6, 6.07) is 12.8. The Morgan fingerprint density at radius 1 is 1.00 bits per heavy atom. The largest absolute Gasteiger partial charge is 0.416 e. The first-order valence-electron chi connectivity index (χ1n) is 8.24. The number of benzene rings is 2. The van der Waals surface area contributed by atoms with Crippen LogP contribution in [0, 0.1) is 0 Å². The zero-order valence-electron chi connectivity index (χ0n) is 14.3. The first-order valence-corrected chi connectivity index (χ1v) is 9.47. The van der Waals surface area contributed by atoms with Gasteiger partial charge in [-0.05, 0) is 36.6 Å². The molecule has 3 nitrogen and oxygen atoms in total. The normalized spacial score (nSPS) is 15.2. The Bertz CT molecular complexity index is 786. The number of piperazine rings is 1. The maximum Gasteiger partial charge on any atom is 0.416 e. The molecule has 0 N–H and O–H groups in total. The first-order chi connectivity index (χ1) is 12.4. The zero-order valence-corrected chi connectivity index (χ0v) is 15.1. The van der Waals surface area contributed by atoms with Crippen molar-refractivity contribution in [3.8, 4) is 0 Å². The minimum Gasteiger partial charge on any atom is -0.368 e. The lowest BCUT2D eigenvalue weighted by atomic mass is 10.1. The van der Waals surface area contributed by atoms with Crippen molar-refractivity contribution in [2.75, 3.05) is 37.3 Å². The highest BCUT2D eigenvalue weighted by molar-refractivity contribution is 7.98. The summed E-state index contributed by atoms with van der Waals surface area (Å²) in [5, 5.41) is 0. The molecule has 0 saturated carbocycles. The van der Waals surface area contributed by atoms with E-state index in [9.17, 15) is 18.0 Å². The fraction of sp³-hybridized carbons (Fsp3) is 0.316. The van der Waals surface area contributed by atoms with E-state index in [-0.39, 0.29) is 5.91 Å². The molecule has 0 aromatic heterocycles. The fourth-order valence-corrected chi connectivity index (χ4v) is 3.63. The number of carbonyl (C=O) groups excluding carboxylic acids is 1. The van der Waals surface area contributed by atoms with Gasteiger partial charge in [0.05, 0.1) is 11.1 Å². The van der Waals surface area contributed by atoms with Crippen LogP contribution in [0.5, 0.6) is 0 Å². The number of rotatable bonds is 3. The van der Waals surface area contributed by atoms with Crippen LogP contribution in [0.2, 0.25) is 0 Å². The second-order valence-corrected chi connectivity index (χ2v) is 6.88. The predicted octanol–water partition coefficient (Wildman–Crippen LogP) is 4.39. The topological polar surface area (TPSA) is 23.6 Å². The number of hydrogen-bond acceptors (Lipinski definition) is 3. The Balaban J connectivity index is 1.69. The number of hydrogen-bond donors (Lipinski definition) is 0. The third-order valence-corrected chi connectivity index (χ3v) is 5.24. The maximum absolute atomic E-state index is 12.9. The average Bonchev–Trinajstić information content (AvgIpc) is 2.67. The van der Waals surface area contributed by atoms with Crippen LogP contribution in [0.4, 0.5) is 18.9 Å². The Morgan fingerprint density at radius 3 is 2.35 bits per heavy atom. The number of amides is 1. The number of halogens is 3. The van der Waals surface area contributed by atoms with Crippen molar-refractivity contribution < 1.29 is 18.0 Å². The van der Waals surface area contributed by atoms with E-state index in [1.807, 2.05) is 35.4 Å². The van der Waals surface area contributed by atoms with Crippen LogP contribution in [0.25, 0.3) is 0 Å². The number of thioether (sulfide) groups is 1. The molecule has 0 aliphatic carbocycles. The van der Waals surface area contributed by atoms with Gasteiger partial charge in [0, 0.05) is 36.8 Å². The van der Waals surface area contributed by atoms with E-state index in [1.54, 1.807) is 11.0 Å².